The minimum atomic E-state index is 0.939. The highest BCUT2D eigenvalue weighted by molar-refractivity contribution is 5.79. The number of rotatable bonds is 1. The Balaban J connectivity index is 2.75. The summed E-state index contributed by atoms with van der Waals surface area (Å²) in [5.74, 6) is 0. The summed E-state index contributed by atoms with van der Waals surface area (Å²) in [6, 6.07) is 11.1. The van der Waals surface area contributed by atoms with Crippen molar-refractivity contribution in [2.45, 2.75) is 0 Å². The van der Waals surface area contributed by atoms with Crippen LogP contribution < -0.4 is 0 Å². The van der Waals surface area contributed by atoms with Crippen LogP contribution in [-0.4, -0.2) is 4.98 Å². The highest BCUT2D eigenvalue weighted by Gasteiger charge is 1.93. The molecule has 0 fully saturated rings. The zero-order valence-electron chi connectivity index (χ0n) is 6.62. The largest absolute Gasteiger partial charge is 0.256 e. The van der Waals surface area contributed by atoms with E-state index in [1.807, 2.05) is 24.3 Å². The first-order valence-corrected chi connectivity index (χ1v) is 3.79. The summed E-state index contributed by atoms with van der Waals surface area (Å²) in [5, 5.41) is 1.04. The Hall–Kier alpha value is -1.63. The highest BCUT2D eigenvalue weighted by Crippen LogP contribution is 2.11. The maximum absolute atomic E-state index is 4.25. The van der Waals surface area contributed by atoms with E-state index in [9.17, 15) is 0 Å². The molecule has 0 aliphatic rings. The van der Waals surface area contributed by atoms with Crippen molar-refractivity contribution in [2.24, 2.45) is 0 Å². The predicted octanol–water partition coefficient (Wildman–Crippen LogP) is 2.68. The molecule has 2 rings (SSSR count). The first kappa shape index (κ1) is 7.04. The molecule has 0 saturated heterocycles. The average molecular weight is 154 g/mol. The molecule has 0 saturated carbocycles. The van der Waals surface area contributed by atoms with Crippen molar-refractivity contribution in [2.75, 3.05) is 0 Å². The fraction of sp³-hybridized carbons (Fsp3) is 0. The SMILES string of the molecule is C=Cc1[c]c2ccccc2nc1. The third-order valence-corrected chi connectivity index (χ3v) is 1.75. The number of fused-ring (bicyclic) bond motifs is 1. The van der Waals surface area contributed by atoms with E-state index < -0.39 is 0 Å². The van der Waals surface area contributed by atoms with E-state index in [-0.39, 0.29) is 0 Å². The maximum Gasteiger partial charge on any atom is 0.0708 e. The van der Waals surface area contributed by atoms with Crippen molar-refractivity contribution in [1.82, 2.24) is 4.98 Å². The van der Waals surface area contributed by atoms with Gasteiger partial charge in [-0.15, -0.1) is 0 Å². The molecule has 0 amide bonds. The van der Waals surface area contributed by atoms with E-state index in [1.165, 1.54) is 0 Å². The Labute approximate surface area is 71.4 Å². The van der Waals surface area contributed by atoms with Gasteiger partial charge in [-0.3, -0.25) is 4.98 Å². The van der Waals surface area contributed by atoms with Crippen LogP contribution in [-0.2, 0) is 0 Å². The Bertz CT molecular complexity index is 418. The lowest BCUT2D eigenvalue weighted by molar-refractivity contribution is 1.39. The van der Waals surface area contributed by atoms with Crippen molar-refractivity contribution in [1.29, 1.82) is 0 Å². The number of aromatic nitrogens is 1. The van der Waals surface area contributed by atoms with Crippen LogP contribution in [0.25, 0.3) is 17.0 Å². The molecule has 0 bridgehead atoms. The van der Waals surface area contributed by atoms with Crippen LogP contribution in [0, 0.1) is 6.07 Å². The van der Waals surface area contributed by atoms with Gasteiger partial charge in [-0.05, 0) is 6.07 Å². The van der Waals surface area contributed by atoms with E-state index in [4.69, 9.17) is 0 Å². The van der Waals surface area contributed by atoms with Gasteiger partial charge in [0.25, 0.3) is 0 Å². The Kier molecular flexibility index (Phi) is 1.63. The van der Waals surface area contributed by atoms with Gasteiger partial charge in [-0.1, -0.05) is 30.9 Å². The monoisotopic (exact) mass is 154 g/mol. The van der Waals surface area contributed by atoms with Crippen LogP contribution in [0.2, 0.25) is 0 Å². The lowest BCUT2D eigenvalue weighted by Crippen LogP contribution is -1.79. The van der Waals surface area contributed by atoms with Gasteiger partial charge in [-0.2, -0.15) is 0 Å². The van der Waals surface area contributed by atoms with Gasteiger partial charge in [0.05, 0.1) is 5.52 Å². The molecule has 57 valence electrons. The van der Waals surface area contributed by atoms with Crippen LogP contribution in [0.4, 0.5) is 0 Å². The second kappa shape index (κ2) is 2.78. The summed E-state index contributed by atoms with van der Waals surface area (Å²) in [4.78, 5) is 4.25. The summed E-state index contributed by atoms with van der Waals surface area (Å²) in [7, 11) is 0. The molecule has 12 heavy (non-hydrogen) atoms. The molecule has 0 spiro atoms. The molecule has 1 heteroatoms. The molecule has 1 aromatic heterocycles. The summed E-state index contributed by atoms with van der Waals surface area (Å²) in [5.41, 5.74) is 1.91. The standard InChI is InChI=1S/C11H8N/c1-2-9-7-10-5-3-4-6-11(10)12-8-9/h2-6,8H,1H2. The summed E-state index contributed by atoms with van der Waals surface area (Å²) < 4.78 is 0. The maximum atomic E-state index is 4.25. The van der Waals surface area contributed by atoms with Crippen LogP contribution in [0.5, 0.6) is 0 Å². The van der Waals surface area contributed by atoms with Crippen molar-refractivity contribution >= 4 is 17.0 Å². The van der Waals surface area contributed by atoms with Gasteiger partial charge >= 0.3 is 0 Å². The number of para-hydroxylation sites is 1. The molecule has 1 aromatic carbocycles. The summed E-state index contributed by atoms with van der Waals surface area (Å²) in [6.45, 7) is 3.67. The van der Waals surface area contributed by atoms with E-state index in [0.717, 1.165) is 16.5 Å². The zero-order valence-corrected chi connectivity index (χ0v) is 6.62. The number of hydrogen-bond donors (Lipinski definition) is 0. The second-order valence-corrected chi connectivity index (χ2v) is 2.56. The number of nitrogens with zero attached hydrogens (tertiary/aromatic N) is 1. The molecule has 1 radical (unpaired) electrons. The van der Waals surface area contributed by atoms with Crippen LogP contribution in [0.3, 0.4) is 0 Å². The zero-order chi connectivity index (χ0) is 8.39. The number of benzene rings is 1. The van der Waals surface area contributed by atoms with Gasteiger partial charge in [0.1, 0.15) is 0 Å². The Morgan fingerprint density at radius 1 is 1.33 bits per heavy atom. The second-order valence-electron chi connectivity index (χ2n) is 2.56. The number of hydrogen-bond acceptors (Lipinski definition) is 1. The molecule has 2 aromatic rings. The molecule has 0 unspecified atom stereocenters. The lowest BCUT2D eigenvalue weighted by atomic mass is 10.2. The van der Waals surface area contributed by atoms with E-state index in [1.54, 1.807) is 12.3 Å². The van der Waals surface area contributed by atoms with E-state index in [0.29, 0.717) is 0 Å². The smallest absolute Gasteiger partial charge is 0.0708 e. The van der Waals surface area contributed by atoms with Crippen molar-refractivity contribution in [3.8, 4) is 0 Å². The van der Waals surface area contributed by atoms with Crippen LogP contribution >= 0.6 is 0 Å². The topological polar surface area (TPSA) is 12.9 Å². The third-order valence-electron chi connectivity index (χ3n) is 1.75. The third kappa shape index (κ3) is 1.10. The predicted molar refractivity (Wildman–Crippen MR) is 50.7 cm³/mol. The molecule has 0 atom stereocenters. The molecular formula is C11H8N. The molecule has 0 aliphatic carbocycles. The van der Waals surface area contributed by atoms with Gasteiger partial charge in [-0.25, -0.2) is 0 Å². The minimum Gasteiger partial charge on any atom is -0.256 e. The Morgan fingerprint density at radius 2 is 2.17 bits per heavy atom. The summed E-state index contributed by atoms with van der Waals surface area (Å²) in [6.07, 6.45) is 3.52. The molecule has 0 N–H and O–H groups in total. The van der Waals surface area contributed by atoms with Gasteiger partial charge in [0.2, 0.25) is 0 Å². The van der Waals surface area contributed by atoms with Gasteiger partial charge < -0.3 is 0 Å². The minimum absolute atomic E-state index is 0.939. The van der Waals surface area contributed by atoms with Gasteiger partial charge in [0.15, 0.2) is 0 Å². The van der Waals surface area contributed by atoms with Crippen molar-refractivity contribution in [3.63, 3.8) is 0 Å². The Morgan fingerprint density at radius 3 is 3.00 bits per heavy atom. The first-order valence-electron chi connectivity index (χ1n) is 3.79. The van der Waals surface area contributed by atoms with Crippen molar-refractivity contribution in [3.05, 3.63) is 48.7 Å². The molecular weight excluding hydrogens is 146 g/mol. The van der Waals surface area contributed by atoms with Crippen LogP contribution in [0.15, 0.2) is 37.0 Å². The van der Waals surface area contributed by atoms with Crippen molar-refractivity contribution < 1.29 is 0 Å². The van der Waals surface area contributed by atoms with E-state index in [2.05, 4.69) is 17.6 Å². The molecule has 1 heterocycles. The van der Waals surface area contributed by atoms with E-state index >= 15 is 0 Å². The fourth-order valence-corrected chi connectivity index (χ4v) is 1.12. The summed E-state index contributed by atoms with van der Waals surface area (Å²) >= 11 is 0. The first-order chi connectivity index (χ1) is 5.90. The number of pyridine rings is 1. The quantitative estimate of drug-likeness (QED) is 0.615. The average Bonchev–Trinajstić information content (AvgIpc) is 2.17. The van der Waals surface area contributed by atoms with Crippen LogP contribution in [0.1, 0.15) is 5.56 Å². The normalized spacial score (nSPS) is 10.0. The highest BCUT2D eigenvalue weighted by atomic mass is 14.6. The fourth-order valence-electron chi connectivity index (χ4n) is 1.12. The molecule has 0 aliphatic heterocycles. The van der Waals surface area contributed by atoms with Gasteiger partial charge in [0, 0.05) is 23.2 Å². The molecule has 1 nitrogen and oxygen atoms in total. The lowest BCUT2D eigenvalue weighted by Gasteiger charge is -1.95.